The minimum atomic E-state index is 0.503. The Morgan fingerprint density at radius 1 is 0.812 bits per heavy atom. The van der Waals surface area contributed by atoms with Crippen LogP contribution in [-0.2, 0) is 13.1 Å². The Labute approximate surface area is 187 Å². The molecule has 1 aliphatic rings. The van der Waals surface area contributed by atoms with Gasteiger partial charge in [-0.3, -0.25) is 10.00 Å². The van der Waals surface area contributed by atoms with Crippen LogP contribution in [0.3, 0.4) is 0 Å². The van der Waals surface area contributed by atoms with E-state index in [0.29, 0.717) is 12.0 Å². The van der Waals surface area contributed by atoms with E-state index in [-0.39, 0.29) is 0 Å². The van der Waals surface area contributed by atoms with Gasteiger partial charge in [-0.05, 0) is 36.5 Å². The number of benzene rings is 2. The predicted octanol–water partition coefficient (Wildman–Crippen LogP) is 5.78. The molecule has 0 amide bonds. The van der Waals surface area contributed by atoms with Crippen molar-refractivity contribution in [1.29, 1.82) is 0 Å². The first-order valence-electron chi connectivity index (χ1n) is 11.5. The third-order valence-corrected chi connectivity index (χ3v) is 6.92. The molecule has 2 aromatic carbocycles. The van der Waals surface area contributed by atoms with Crippen LogP contribution in [0, 0.1) is 0 Å². The third kappa shape index (κ3) is 3.59. The van der Waals surface area contributed by atoms with Gasteiger partial charge in [0, 0.05) is 47.7 Å². The highest BCUT2D eigenvalue weighted by atomic mass is 15.2. The van der Waals surface area contributed by atoms with Gasteiger partial charge in [-0.25, -0.2) is 9.97 Å². The highest BCUT2D eigenvalue weighted by molar-refractivity contribution is 6.04. The van der Waals surface area contributed by atoms with E-state index < -0.39 is 0 Å². The molecule has 1 fully saturated rings. The molecule has 5 nitrogen and oxygen atoms in total. The molecule has 160 valence electrons. The monoisotopic (exact) mass is 421 g/mol. The van der Waals surface area contributed by atoms with Crippen molar-refractivity contribution in [2.75, 3.05) is 0 Å². The van der Waals surface area contributed by atoms with Gasteiger partial charge in [-0.15, -0.1) is 0 Å². The number of rotatable bonds is 6. The fraction of sp³-hybridized carbons (Fsp3) is 0.259. The molecule has 2 atom stereocenters. The van der Waals surface area contributed by atoms with Gasteiger partial charge in [0.05, 0.1) is 11.7 Å². The molecule has 1 saturated carbocycles. The van der Waals surface area contributed by atoms with Gasteiger partial charge >= 0.3 is 0 Å². The van der Waals surface area contributed by atoms with Crippen LogP contribution in [0.2, 0.25) is 0 Å². The smallest absolute Gasteiger partial charge is 0.159 e. The lowest BCUT2D eigenvalue weighted by atomic mass is 9.99. The number of nitrogens with one attached hydrogen (secondary N) is 2. The first-order valence-corrected chi connectivity index (χ1v) is 11.5. The first kappa shape index (κ1) is 19.3. The summed E-state index contributed by atoms with van der Waals surface area (Å²) in [6.45, 7) is 1.96. The zero-order valence-corrected chi connectivity index (χ0v) is 18.0. The second kappa shape index (κ2) is 8.24. The maximum atomic E-state index is 4.48. The van der Waals surface area contributed by atoms with Crippen LogP contribution < -0.4 is 0 Å². The minimum absolute atomic E-state index is 0.503. The van der Waals surface area contributed by atoms with Crippen molar-refractivity contribution in [3.63, 3.8) is 0 Å². The number of aromatic nitrogens is 4. The summed E-state index contributed by atoms with van der Waals surface area (Å²) in [6.07, 6.45) is 7.30. The van der Waals surface area contributed by atoms with Crippen LogP contribution in [0.25, 0.3) is 21.9 Å². The number of nitrogens with zero attached hydrogens (tertiary/aromatic N) is 3. The van der Waals surface area contributed by atoms with Crippen LogP contribution >= 0.6 is 0 Å². The van der Waals surface area contributed by atoms with Gasteiger partial charge in [-0.2, -0.15) is 0 Å². The quantitative estimate of drug-likeness (QED) is 0.365. The molecule has 2 N–H and O–H groups in total. The highest BCUT2D eigenvalue weighted by Gasteiger charge is 2.32. The zero-order valence-electron chi connectivity index (χ0n) is 18.0. The molecule has 5 aromatic rings. The van der Waals surface area contributed by atoms with Gasteiger partial charge in [-0.1, -0.05) is 60.7 Å². The topological polar surface area (TPSA) is 60.6 Å². The molecular formula is C27H27N5. The molecular weight excluding hydrogens is 394 g/mol. The van der Waals surface area contributed by atoms with Crippen molar-refractivity contribution in [3.05, 3.63) is 95.9 Å². The van der Waals surface area contributed by atoms with Crippen molar-refractivity contribution in [2.24, 2.45) is 0 Å². The van der Waals surface area contributed by atoms with E-state index in [1.54, 1.807) is 0 Å². The molecule has 0 radical (unpaired) electrons. The summed E-state index contributed by atoms with van der Waals surface area (Å²) >= 11 is 0. The Morgan fingerprint density at radius 3 is 2.25 bits per heavy atom. The summed E-state index contributed by atoms with van der Waals surface area (Å²) in [5, 5.41) is 9.23. The Hall–Kier alpha value is -3.44. The lowest BCUT2D eigenvalue weighted by molar-refractivity contribution is 0.179. The number of fused-ring (bicyclic) bond motifs is 3. The van der Waals surface area contributed by atoms with E-state index in [2.05, 4.69) is 91.8 Å². The first-order chi connectivity index (χ1) is 15.8. The van der Waals surface area contributed by atoms with E-state index in [1.165, 1.54) is 35.0 Å². The van der Waals surface area contributed by atoms with Gasteiger partial charge < -0.3 is 5.10 Å². The summed E-state index contributed by atoms with van der Waals surface area (Å²) in [5.41, 5.74) is 5.95. The van der Waals surface area contributed by atoms with E-state index in [0.717, 1.165) is 36.1 Å². The van der Waals surface area contributed by atoms with Crippen LogP contribution in [0.5, 0.6) is 0 Å². The lowest BCUT2D eigenvalue weighted by Crippen LogP contribution is -2.32. The molecule has 32 heavy (non-hydrogen) atoms. The predicted molar refractivity (Wildman–Crippen MR) is 128 cm³/mol. The van der Waals surface area contributed by atoms with Crippen LogP contribution in [0.1, 0.15) is 42.0 Å². The number of pyridine rings is 1. The summed E-state index contributed by atoms with van der Waals surface area (Å²) in [6, 6.07) is 24.3. The van der Waals surface area contributed by atoms with Gasteiger partial charge in [0.1, 0.15) is 0 Å². The number of aromatic amines is 2. The molecule has 0 aliphatic heterocycles. The molecule has 3 aromatic heterocycles. The average Bonchev–Trinajstić information content (AvgIpc) is 3.58. The van der Waals surface area contributed by atoms with E-state index in [1.807, 2.05) is 12.4 Å². The standard InChI is InChI=1S/C27H27N5/c1-3-7-19(8-4-1)17-32(18-20-9-5-2-6-10-20)22-12-11-21(15-22)26-25-23-13-14-28-27(23)29-16-24(25)30-31-26/h1-10,13-14,16,21-22,30-31H,11-12,15,17-18H2/t21?,22-/m1/s1. The van der Waals surface area contributed by atoms with Gasteiger partial charge in [0.2, 0.25) is 0 Å². The number of H-pyrrole nitrogens is 2. The largest absolute Gasteiger partial charge is 0.304 e. The molecule has 3 heterocycles. The lowest BCUT2D eigenvalue weighted by Gasteiger charge is -2.29. The number of hydrogen-bond donors (Lipinski definition) is 2. The fourth-order valence-electron chi connectivity index (χ4n) is 5.35. The second-order valence-electron chi connectivity index (χ2n) is 8.93. The molecule has 5 heteroatoms. The summed E-state index contributed by atoms with van der Waals surface area (Å²) in [4.78, 5) is 11.5. The molecule has 1 unspecified atom stereocenters. The third-order valence-electron chi connectivity index (χ3n) is 6.92. The number of hydrogen-bond acceptors (Lipinski definition) is 3. The fourth-order valence-corrected chi connectivity index (χ4v) is 5.35. The van der Waals surface area contributed by atoms with E-state index in [9.17, 15) is 0 Å². The van der Waals surface area contributed by atoms with E-state index in [4.69, 9.17) is 0 Å². The van der Waals surface area contributed by atoms with Crippen molar-refractivity contribution < 1.29 is 0 Å². The molecule has 0 bridgehead atoms. The van der Waals surface area contributed by atoms with Crippen LogP contribution in [-0.4, -0.2) is 31.1 Å². The van der Waals surface area contributed by atoms with Crippen molar-refractivity contribution in [3.8, 4) is 0 Å². The maximum Gasteiger partial charge on any atom is 0.159 e. The SMILES string of the molecule is c1ccc(CN(Cc2ccccc2)[C@@H]2CCC(c3[nH][nH]c4cnc5nccc5c34)C2)cc1. The summed E-state index contributed by atoms with van der Waals surface area (Å²) in [5.74, 6) is 0.503. The van der Waals surface area contributed by atoms with Gasteiger partial charge in [0.25, 0.3) is 0 Å². The van der Waals surface area contributed by atoms with Crippen molar-refractivity contribution in [2.45, 2.75) is 44.3 Å². The molecule has 1 aliphatic carbocycles. The van der Waals surface area contributed by atoms with E-state index >= 15 is 0 Å². The molecule has 0 spiro atoms. The minimum Gasteiger partial charge on any atom is -0.304 e. The van der Waals surface area contributed by atoms with Crippen molar-refractivity contribution >= 4 is 21.9 Å². The summed E-state index contributed by atoms with van der Waals surface area (Å²) in [7, 11) is 0. The Balaban J connectivity index is 1.29. The normalized spacial score (nSPS) is 18.8. The Morgan fingerprint density at radius 2 is 1.53 bits per heavy atom. The average molecular weight is 422 g/mol. The Bertz CT molecular complexity index is 1280. The van der Waals surface area contributed by atoms with Crippen molar-refractivity contribution in [1.82, 2.24) is 25.1 Å². The van der Waals surface area contributed by atoms with Crippen LogP contribution in [0.15, 0.2) is 79.1 Å². The molecule has 0 saturated heterocycles. The second-order valence-corrected chi connectivity index (χ2v) is 8.93. The Kier molecular flexibility index (Phi) is 4.96. The maximum absolute atomic E-state index is 4.48. The van der Waals surface area contributed by atoms with Gasteiger partial charge in [0.15, 0.2) is 5.65 Å². The molecule has 6 rings (SSSR count). The highest BCUT2D eigenvalue weighted by Crippen LogP contribution is 2.41. The summed E-state index contributed by atoms with van der Waals surface area (Å²) < 4.78 is 0. The zero-order chi connectivity index (χ0) is 21.3. The van der Waals surface area contributed by atoms with Crippen LogP contribution in [0.4, 0.5) is 0 Å².